The molecule has 1 aromatic heterocycles. The molecule has 6 nitrogen and oxygen atoms in total. The van der Waals surface area contributed by atoms with Crippen LogP contribution in [-0.2, 0) is 16.0 Å². The van der Waals surface area contributed by atoms with Gasteiger partial charge >= 0.3 is 0 Å². The predicted molar refractivity (Wildman–Crippen MR) is 142 cm³/mol. The third-order valence-corrected chi connectivity index (χ3v) is 8.79. The average molecular weight is 489 g/mol. The molecule has 6 heteroatoms. The minimum Gasteiger partial charge on any atom is -0.343 e. The van der Waals surface area contributed by atoms with Crippen LogP contribution in [0.15, 0.2) is 42.7 Å². The quantitative estimate of drug-likeness (QED) is 0.602. The smallest absolute Gasteiger partial charge is 0.245 e. The summed E-state index contributed by atoms with van der Waals surface area (Å²) in [6, 6.07) is 9.97. The molecule has 192 valence electrons. The van der Waals surface area contributed by atoms with Gasteiger partial charge in [-0.2, -0.15) is 0 Å². The summed E-state index contributed by atoms with van der Waals surface area (Å²) in [6.07, 6.45) is 13.6. The standard InChI is InChI=1S/C30H40N4O2/c1-20(31-2)29(35)33-28(22-12-7-4-8-13-22)30(36)34-17-9-14-27(34)26-19-32-18-25-23(15-16-24(25)26)21-10-5-3-6-11-21/h3,5-6,10-11,18-20,22-23,27-28,31H,4,7-9,12-17H2,1-2H3,(H,33,35)/t20-,23?,27-,28-/m0/s1. The number of rotatable bonds is 7. The zero-order valence-corrected chi connectivity index (χ0v) is 21.7. The first-order valence-corrected chi connectivity index (χ1v) is 13.9. The van der Waals surface area contributed by atoms with Gasteiger partial charge in [0.05, 0.1) is 12.1 Å². The first kappa shape index (κ1) is 24.9. The number of hydrogen-bond acceptors (Lipinski definition) is 4. The largest absolute Gasteiger partial charge is 0.343 e. The summed E-state index contributed by atoms with van der Waals surface area (Å²) in [7, 11) is 1.78. The second-order valence-electron chi connectivity index (χ2n) is 10.9. The Balaban J connectivity index is 1.41. The maximum atomic E-state index is 14.1. The van der Waals surface area contributed by atoms with Crippen LogP contribution in [0.5, 0.6) is 0 Å². The molecule has 2 heterocycles. The average Bonchev–Trinajstić information content (AvgIpc) is 3.59. The molecule has 4 atom stereocenters. The minimum atomic E-state index is -0.448. The Bertz CT molecular complexity index is 1070. The van der Waals surface area contributed by atoms with Crippen molar-refractivity contribution in [2.45, 2.75) is 88.8 Å². The lowest BCUT2D eigenvalue weighted by Gasteiger charge is -2.36. The van der Waals surface area contributed by atoms with Crippen molar-refractivity contribution in [2.24, 2.45) is 5.92 Å². The lowest BCUT2D eigenvalue weighted by atomic mass is 9.83. The zero-order valence-electron chi connectivity index (χ0n) is 21.7. The fourth-order valence-corrected chi connectivity index (χ4v) is 6.66. The molecule has 2 amide bonds. The Morgan fingerprint density at radius 3 is 2.47 bits per heavy atom. The van der Waals surface area contributed by atoms with Crippen molar-refractivity contribution >= 4 is 11.8 Å². The molecular weight excluding hydrogens is 448 g/mol. The fraction of sp³-hybridized carbons (Fsp3) is 0.567. The Labute approximate surface area is 215 Å². The fourth-order valence-electron chi connectivity index (χ4n) is 6.66. The molecule has 2 aromatic rings. The van der Waals surface area contributed by atoms with Crippen LogP contribution >= 0.6 is 0 Å². The first-order chi connectivity index (χ1) is 17.6. The van der Waals surface area contributed by atoms with Crippen LogP contribution in [-0.4, -0.2) is 47.4 Å². The van der Waals surface area contributed by atoms with E-state index in [0.29, 0.717) is 5.92 Å². The number of likely N-dealkylation sites (N-methyl/N-ethyl adjacent to an activating group) is 1. The highest BCUT2D eigenvalue weighted by atomic mass is 16.2. The first-order valence-electron chi connectivity index (χ1n) is 13.9. The number of nitrogens with one attached hydrogen (secondary N) is 2. The van der Waals surface area contributed by atoms with Gasteiger partial charge in [-0.3, -0.25) is 14.6 Å². The molecule has 2 N–H and O–H groups in total. The summed E-state index contributed by atoms with van der Waals surface area (Å²) >= 11 is 0. The summed E-state index contributed by atoms with van der Waals surface area (Å²) in [4.78, 5) is 33.7. The molecule has 2 aliphatic carbocycles. The highest BCUT2D eigenvalue weighted by Gasteiger charge is 2.40. The number of benzene rings is 1. The maximum absolute atomic E-state index is 14.1. The Kier molecular flexibility index (Phi) is 7.70. The second-order valence-corrected chi connectivity index (χ2v) is 10.9. The monoisotopic (exact) mass is 488 g/mol. The highest BCUT2D eigenvalue weighted by Crippen LogP contribution is 2.44. The lowest BCUT2D eigenvalue weighted by Crippen LogP contribution is -2.55. The van der Waals surface area contributed by atoms with Gasteiger partial charge in [0.25, 0.3) is 0 Å². The molecule has 0 bridgehead atoms. The summed E-state index contributed by atoms with van der Waals surface area (Å²) in [5.74, 6) is 0.584. The van der Waals surface area contributed by atoms with Crippen molar-refractivity contribution in [2.75, 3.05) is 13.6 Å². The van der Waals surface area contributed by atoms with E-state index in [9.17, 15) is 9.59 Å². The Morgan fingerprint density at radius 1 is 0.972 bits per heavy atom. The summed E-state index contributed by atoms with van der Waals surface area (Å²) in [5.41, 5.74) is 5.26. The van der Waals surface area contributed by atoms with Gasteiger partial charge in [-0.15, -0.1) is 0 Å². The summed E-state index contributed by atoms with van der Waals surface area (Å²) in [6.45, 7) is 2.59. The van der Waals surface area contributed by atoms with Crippen molar-refractivity contribution in [3.8, 4) is 0 Å². The molecule has 1 aliphatic heterocycles. The predicted octanol–water partition coefficient (Wildman–Crippen LogP) is 4.50. The van der Waals surface area contributed by atoms with Crippen molar-refractivity contribution in [1.82, 2.24) is 20.5 Å². The van der Waals surface area contributed by atoms with Crippen molar-refractivity contribution < 1.29 is 9.59 Å². The van der Waals surface area contributed by atoms with Crippen molar-refractivity contribution in [3.05, 3.63) is 65.0 Å². The lowest BCUT2D eigenvalue weighted by molar-refractivity contribution is -0.139. The molecule has 5 rings (SSSR count). The Morgan fingerprint density at radius 2 is 1.72 bits per heavy atom. The van der Waals surface area contributed by atoms with Gasteiger partial charge in [-0.05, 0) is 80.7 Å². The number of nitrogens with zero attached hydrogens (tertiary/aromatic N) is 2. The van der Waals surface area contributed by atoms with Crippen molar-refractivity contribution in [1.29, 1.82) is 0 Å². The molecule has 1 aromatic carbocycles. The molecule has 0 spiro atoms. The normalized spacial score (nSPS) is 23.8. The topological polar surface area (TPSA) is 74.3 Å². The molecule has 2 fully saturated rings. The molecule has 1 saturated carbocycles. The van der Waals surface area contributed by atoms with E-state index >= 15 is 0 Å². The van der Waals surface area contributed by atoms with Gasteiger partial charge in [-0.1, -0.05) is 49.6 Å². The highest BCUT2D eigenvalue weighted by molar-refractivity contribution is 5.90. The number of fused-ring (bicyclic) bond motifs is 1. The second kappa shape index (κ2) is 11.1. The van der Waals surface area contributed by atoms with Crippen LogP contribution in [0.25, 0.3) is 0 Å². The van der Waals surface area contributed by atoms with E-state index in [1.54, 1.807) is 7.05 Å². The van der Waals surface area contributed by atoms with Crippen LogP contribution in [0.2, 0.25) is 0 Å². The van der Waals surface area contributed by atoms with Crippen LogP contribution in [0.1, 0.15) is 92.5 Å². The number of carbonyl (C=O) groups is 2. The van der Waals surface area contributed by atoms with Crippen LogP contribution in [0, 0.1) is 5.92 Å². The van der Waals surface area contributed by atoms with Gasteiger partial charge < -0.3 is 15.5 Å². The SMILES string of the molecule is CN[C@@H](C)C(=O)N[C@H](C(=O)N1CCC[C@H]1c1cncc2c1CCC2c1ccccc1)C1CCCCC1. The van der Waals surface area contributed by atoms with E-state index in [2.05, 4.69) is 50.8 Å². The van der Waals surface area contributed by atoms with E-state index in [-0.39, 0.29) is 29.8 Å². The number of pyridine rings is 1. The maximum Gasteiger partial charge on any atom is 0.245 e. The number of hydrogen-bond donors (Lipinski definition) is 2. The van der Waals surface area contributed by atoms with E-state index in [1.165, 1.54) is 28.7 Å². The van der Waals surface area contributed by atoms with Gasteiger partial charge in [-0.25, -0.2) is 0 Å². The van der Waals surface area contributed by atoms with E-state index in [4.69, 9.17) is 0 Å². The van der Waals surface area contributed by atoms with Gasteiger partial charge in [0.1, 0.15) is 6.04 Å². The van der Waals surface area contributed by atoms with E-state index in [1.807, 2.05) is 19.3 Å². The molecule has 0 radical (unpaired) electrons. The van der Waals surface area contributed by atoms with Crippen LogP contribution in [0.4, 0.5) is 0 Å². The Hall–Kier alpha value is -2.73. The third-order valence-electron chi connectivity index (χ3n) is 8.79. The minimum absolute atomic E-state index is 0.0409. The third kappa shape index (κ3) is 4.93. The molecule has 1 unspecified atom stereocenters. The molecular formula is C30H40N4O2. The van der Waals surface area contributed by atoms with E-state index in [0.717, 1.165) is 57.9 Å². The van der Waals surface area contributed by atoms with Crippen LogP contribution in [0.3, 0.4) is 0 Å². The summed E-state index contributed by atoms with van der Waals surface area (Å²) in [5, 5.41) is 6.18. The molecule has 3 aliphatic rings. The number of carbonyl (C=O) groups excluding carboxylic acids is 2. The number of aromatic nitrogens is 1. The van der Waals surface area contributed by atoms with Gasteiger partial charge in [0.2, 0.25) is 11.8 Å². The number of amides is 2. The zero-order chi connectivity index (χ0) is 25.1. The number of likely N-dealkylation sites (tertiary alicyclic amines) is 1. The summed E-state index contributed by atoms with van der Waals surface area (Å²) < 4.78 is 0. The van der Waals surface area contributed by atoms with Crippen molar-refractivity contribution in [3.63, 3.8) is 0 Å². The van der Waals surface area contributed by atoms with Crippen LogP contribution < -0.4 is 10.6 Å². The molecule has 1 saturated heterocycles. The van der Waals surface area contributed by atoms with Gasteiger partial charge in [0.15, 0.2) is 0 Å². The molecule has 36 heavy (non-hydrogen) atoms. The van der Waals surface area contributed by atoms with E-state index < -0.39 is 6.04 Å². The van der Waals surface area contributed by atoms with Gasteiger partial charge in [0, 0.05) is 24.9 Å².